The topological polar surface area (TPSA) is 79.1 Å². The molecular weight excluding hydrogens is 384 g/mol. The van der Waals surface area contributed by atoms with Crippen LogP contribution in [-0.2, 0) is 0 Å². The maximum absolute atomic E-state index is 12.7. The number of likely N-dealkylation sites (tertiary alicyclic amines) is 1. The van der Waals surface area contributed by atoms with Gasteiger partial charge in [0.15, 0.2) is 5.01 Å². The largest absolute Gasteiger partial charge is 0.496 e. The van der Waals surface area contributed by atoms with Gasteiger partial charge in [-0.1, -0.05) is 29.5 Å². The van der Waals surface area contributed by atoms with Gasteiger partial charge in [-0.05, 0) is 43.2 Å². The Kier molecular flexibility index (Phi) is 5.54. The normalized spacial score (nSPS) is 14.4. The number of hydrogen-bond acceptors (Lipinski definition) is 6. The van der Waals surface area contributed by atoms with Gasteiger partial charge in [-0.15, -0.1) is 10.2 Å². The fraction of sp³-hybridized carbons (Fsp3) is 0.273. The van der Waals surface area contributed by atoms with Crippen molar-refractivity contribution >= 4 is 17.2 Å². The zero-order chi connectivity index (χ0) is 20.2. The highest BCUT2D eigenvalue weighted by Crippen LogP contribution is 2.36. The number of ether oxygens (including phenoxy) is 1. The zero-order valence-corrected chi connectivity index (χ0v) is 16.9. The van der Waals surface area contributed by atoms with E-state index in [1.165, 1.54) is 0 Å². The monoisotopic (exact) mass is 404 g/mol. The number of benzene rings is 2. The minimum atomic E-state index is -0.0208. The van der Waals surface area contributed by atoms with E-state index >= 15 is 0 Å². The number of para-hydroxylation sites is 1. The van der Waals surface area contributed by atoms with Gasteiger partial charge >= 0.3 is 0 Å². The molecule has 2 aromatic carbocycles. The SMILES string of the molecule is COc1ccccc1-c1nnc(C2CCN(C(=O)c3cccc(C#N)c3)CC2)s1. The summed E-state index contributed by atoms with van der Waals surface area (Å²) in [5.74, 6) is 1.06. The number of rotatable bonds is 4. The number of piperidine rings is 1. The highest BCUT2D eigenvalue weighted by molar-refractivity contribution is 7.14. The summed E-state index contributed by atoms with van der Waals surface area (Å²) in [5.41, 5.74) is 2.02. The number of carbonyl (C=O) groups excluding carboxylic acids is 1. The predicted octanol–water partition coefficient (Wildman–Crippen LogP) is 4.11. The molecule has 1 amide bonds. The van der Waals surface area contributed by atoms with Crippen LogP contribution in [0.2, 0.25) is 0 Å². The third-order valence-electron chi connectivity index (χ3n) is 5.15. The van der Waals surface area contributed by atoms with Crippen LogP contribution >= 0.6 is 11.3 Å². The van der Waals surface area contributed by atoms with E-state index in [9.17, 15) is 4.79 Å². The first-order chi connectivity index (χ1) is 14.2. The molecule has 0 radical (unpaired) electrons. The van der Waals surface area contributed by atoms with Crippen LogP contribution in [0.4, 0.5) is 0 Å². The number of nitrogens with zero attached hydrogens (tertiary/aromatic N) is 4. The molecule has 3 aromatic rings. The lowest BCUT2D eigenvalue weighted by Gasteiger charge is -2.31. The van der Waals surface area contributed by atoms with Crippen molar-refractivity contribution in [3.63, 3.8) is 0 Å². The Labute approximate surface area is 173 Å². The van der Waals surface area contributed by atoms with Gasteiger partial charge in [-0.2, -0.15) is 5.26 Å². The van der Waals surface area contributed by atoms with E-state index in [-0.39, 0.29) is 5.91 Å². The Morgan fingerprint density at radius 1 is 1.17 bits per heavy atom. The van der Waals surface area contributed by atoms with Crippen molar-refractivity contribution in [3.05, 3.63) is 64.7 Å². The molecule has 0 spiro atoms. The van der Waals surface area contributed by atoms with Crippen molar-refractivity contribution in [2.75, 3.05) is 20.2 Å². The number of hydrogen-bond donors (Lipinski definition) is 0. The second kappa shape index (κ2) is 8.41. The second-order valence-corrected chi connectivity index (χ2v) is 7.91. The zero-order valence-electron chi connectivity index (χ0n) is 16.0. The van der Waals surface area contributed by atoms with E-state index in [0.717, 1.165) is 34.2 Å². The third-order valence-corrected chi connectivity index (χ3v) is 6.27. The van der Waals surface area contributed by atoms with Crippen molar-refractivity contribution in [1.29, 1.82) is 5.26 Å². The van der Waals surface area contributed by atoms with E-state index in [4.69, 9.17) is 10.00 Å². The van der Waals surface area contributed by atoms with Gasteiger partial charge in [0.05, 0.1) is 24.3 Å². The number of amides is 1. The van der Waals surface area contributed by atoms with Crippen molar-refractivity contribution in [1.82, 2.24) is 15.1 Å². The van der Waals surface area contributed by atoms with Crippen LogP contribution < -0.4 is 4.74 Å². The van der Waals surface area contributed by atoms with Crippen LogP contribution in [0, 0.1) is 11.3 Å². The molecule has 0 bridgehead atoms. The highest BCUT2D eigenvalue weighted by Gasteiger charge is 2.27. The maximum atomic E-state index is 12.7. The lowest BCUT2D eigenvalue weighted by atomic mass is 9.97. The Morgan fingerprint density at radius 3 is 2.72 bits per heavy atom. The summed E-state index contributed by atoms with van der Waals surface area (Å²) < 4.78 is 5.43. The Morgan fingerprint density at radius 2 is 1.97 bits per heavy atom. The Bertz CT molecular complexity index is 1060. The van der Waals surface area contributed by atoms with Crippen molar-refractivity contribution < 1.29 is 9.53 Å². The van der Waals surface area contributed by atoms with Crippen molar-refractivity contribution in [3.8, 4) is 22.4 Å². The van der Waals surface area contributed by atoms with Gasteiger partial charge in [-0.3, -0.25) is 4.79 Å². The smallest absolute Gasteiger partial charge is 0.253 e. The molecule has 0 unspecified atom stereocenters. The molecular formula is C22H20N4O2S. The van der Waals surface area contributed by atoms with Crippen LogP contribution in [-0.4, -0.2) is 41.2 Å². The van der Waals surface area contributed by atoms with Crippen molar-refractivity contribution in [2.45, 2.75) is 18.8 Å². The van der Waals surface area contributed by atoms with Gasteiger partial charge in [0.25, 0.3) is 5.91 Å². The first-order valence-electron chi connectivity index (χ1n) is 9.46. The molecule has 1 fully saturated rings. The van der Waals surface area contributed by atoms with Crippen LogP contribution in [0.5, 0.6) is 5.75 Å². The summed E-state index contributed by atoms with van der Waals surface area (Å²) in [5, 5.41) is 19.7. The molecule has 1 saturated heterocycles. The van der Waals surface area contributed by atoms with E-state index in [2.05, 4.69) is 16.3 Å². The van der Waals surface area contributed by atoms with E-state index in [0.29, 0.717) is 30.1 Å². The lowest BCUT2D eigenvalue weighted by Crippen LogP contribution is -2.37. The molecule has 1 aliphatic rings. The lowest BCUT2D eigenvalue weighted by molar-refractivity contribution is 0.0713. The fourth-order valence-electron chi connectivity index (χ4n) is 3.56. The molecule has 1 aromatic heterocycles. The molecule has 0 saturated carbocycles. The minimum Gasteiger partial charge on any atom is -0.496 e. The van der Waals surface area contributed by atoms with Crippen molar-refractivity contribution in [2.24, 2.45) is 0 Å². The van der Waals surface area contributed by atoms with Crippen LogP contribution in [0.15, 0.2) is 48.5 Å². The molecule has 6 nitrogen and oxygen atoms in total. The third kappa shape index (κ3) is 3.98. The van der Waals surface area contributed by atoms with Crippen LogP contribution in [0.25, 0.3) is 10.6 Å². The Balaban J connectivity index is 1.43. The number of nitriles is 1. The summed E-state index contributed by atoms with van der Waals surface area (Å²) in [6, 6.07) is 16.8. The van der Waals surface area contributed by atoms with Gasteiger partial charge in [0.2, 0.25) is 0 Å². The van der Waals surface area contributed by atoms with Crippen LogP contribution in [0.3, 0.4) is 0 Å². The molecule has 7 heteroatoms. The molecule has 0 atom stereocenters. The van der Waals surface area contributed by atoms with Gasteiger partial charge in [0, 0.05) is 24.6 Å². The molecule has 146 valence electrons. The standard InChI is InChI=1S/C22H20N4O2S/c1-28-19-8-3-2-7-18(19)21-25-24-20(29-21)16-9-11-26(12-10-16)22(27)17-6-4-5-15(13-17)14-23/h2-8,13,16H,9-12H2,1H3. The number of aromatic nitrogens is 2. The second-order valence-electron chi connectivity index (χ2n) is 6.90. The highest BCUT2D eigenvalue weighted by atomic mass is 32.1. The average Bonchev–Trinajstić information content (AvgIpc) is 3.29. The molecule has 0 aliphatic carbocycles. The summed E-state index contributed by atoms with van der Waals surface area (Å²) in [4.78, 5) is 14.6. The minimum absolute atomic E-state index is 0.0208. The predicted molar refractivity (Wildman–Crippen MR) is 111 cm³/mol. The number of methoxy groups -OCH3 is 1. The quantitative estimate of drug-likeness (QED) is 0.654. The van der Waals surface area contributed by atoms with E-state index in [1.807, 2.05) is 29.2 Å². The van der Waals surface area contributed by atoms with Gasteiger partial charge in [-0.25, -0.2) is 0 Å². The van der Waals surface area contributed by atoms with Crippen LogP contribution in [0.1, 0.15) is 39.7 Å². The summed E-state index contributed by atoms with van der Waals surface area (Å²) in [7, 11) is 1.65. The first-order valence-corrected chi connectivity index (χ1v) is 10.3. The fourth-order valence-corrected chi connectivity index (χ4v) is 4.61. The summed E-state index contributed by atoms with van der Waals surface area (Å²) in [6.07, 6.45) is 1.70. The molecule has 4 rings (SSSR count). The first kappa shape index (κ1) is 19.1. The van der Waals surface area contributed by atoms with E-state index in [1.54, 1.807) is 42.7 Å². The van der Waals surface area contributed by atoms with E-state index < -0.39 is 0 Å². The Hall–Kier alpha value is -3.24. The summed E-state index contributed by atoms with van der Waals surface area (Å²) >= 11 is 1.59. The van der Waals surface area contributed by atoms with Gasteiger partial charge in [0.1, 0.15) is 10.8 Å². The average molecular weight is 404 g/mol. The number of carbonyl (C=O) groups is 1. The molecule has 1 aliphatic heterocycles. The van der Waals surface area contributed by atoms with Gasteiger partial charge < -0.3 is 9.64 Å². The molecule has 0 N–H and O–H groups in total. The molecule has 2 heterocycles. The summed E-state index contributed by atoms with van der Waals surface area (Å²) in [6.45, 7) is 1.34. The maximum Gasteiger partial charge on any atom is 0.253 e. The molecule has 29 heavy (non-hydrogen) atoms.